The molecule has 0 spiro atoms. The minimum absolute atomic E-state index is 0.202. The van der Waals surface area contributed by atoms with Gasteiger partial charge in [0.2, 0.25) is 0 Å². The van der Waals surface area contributed by atoms with E-state index >= 15 is 0 Å². The molecule has 22 heavy (non-hydrogen) atoms. The van der Waals surface area contributed by atoms with Crippen LogP contribution in [0.15, 0.2) is 22.6 Å². The molecule has 0 radical (unpaired) electrons. The van der Waals surface area contributed by atoms with E-state index in [0.29, 0.717) is 17.9 Å². The van der Waals surface area contributed by atoms with Crippen LogP contribution in [0.1, 0.15) is 28.6 Å². The Morgan fingerprint density at radius 1 is 1.41 bits per heavy atom. The molecule has 0 aliphatic carbocycles. The van der Waals surface area contributed by atoms with Gasteiger partial charge in [-0.15, -0.1) is 0 Å². The summed E-state index contributed by atoms with van der Waals surface area (Å²) in [6.07, 6.45) is 0.342. The van der Waals surface area contributed by atoms with E-state index in [0.717, 1.165) is 17.4 Å². The summed E-state index contributed by atoms with van der Waals surface area (Å²) in [5.74, 6) is 0.0323. The van der Waals surface area contributed by atoms with E-state index in [-0.39, 0.29) is 12.5 Å². The first-order valence-electron chi connectivity index (χ1n) is 7.55. The van der Waals surface area contributed by atoms with Gasteiger partial charge in [-0.3, -0.25) is 4.79 Å². The number of rotatable bonds is 6. The van der Waals surface area contributed by atoms with Crippen LogP contribution in [0.4, 0.5) is 0 Å². The molecule has 0 bridgehead atoms. The van der Waals surface area contributed by atoms with E-state index in [1.807, 2.05) is 38.1 Å². The summed E-state index contributed by atoms with van der Waals surface area (Å²) in [7, 11) is 3.75. The molecule has 1 heterocycles. The lowest BCUT2D eigenvalue weighted by molar-refractivity contribution is 0.0867. The largest absolute Gasteiger partial charge is 0.451 e. The number of hydrogen-bond donors (Lipinski definition) is 2. The number of carbonyl (C=O) groups excluding carboxylic acids is 1. The maximum absolute atomic E-state index is 12.3. The van der Waals surface area contributed by atoms with Crippen LogP contribution in [0.2, 0.25) is 0 Å². The van der Waals surface area contributed by atoms with Crippen molar-refractivity contribution in [1.29, 1.82) is 0 Å². The van der Waals surface area contributed by atoms with Crippen molar-refractivity contribution in [2.75, 3.05) is 27.2 Å². The fraction of sp³-hybridized carbons (Fsp3) is 0.471. The Hall–Kier alpha value is -1.85. The van der Waals surface area contributed by atoms with Crippen molar-refractivity contribution in [3.8, 4) is 0 Å². The predicted octanol–water partition coefficient (Wildman–Crippen LogP) is 1.96. The number of benzene rings is 1. The zero-order chi connectivity index (χ0) is 16.3. The first-order chi connectivity index (χ1) is 10.4. The number of aliphatic hydroxyl groups is 1. The lowest BCUT2D eigenvalue weighted by Crippen LogP contribution is -2.37. The van der Waals surface area contributed by atoms with E-state index in [1.54, 1.807) is 0 Å². The highest BCUT2D eigenvalue weighted by molar-refractivity contribution is 5.99. The molecule has 1 unspecified atom stereocenters. The summed E-state index contributed by atoms with van der Waals surface area (Å²) in [5.41, 5.74) is 2.77. The van der Waals surface area contributed by atoms with Crippen LogP contribution in [0.5, 0.6) is 0 Å². The van der Waals surface area contributed by atoms with Crippen LogP contribution >= 0.6 is 0 Å². The van der Waals surface area contributed by atoms with Gasteiger partial charge in [-0.05, 0) is 45.1 Å². The first kappa shape index (κ1) is 16.5. The average Bonchev–Trinajstić information content (AvgIpc) is 2.81. The van der Waals surface area contributed by atoms with Crippen molar-refractivity contribution in [2.24, 2.45) is 0 Å². The van der Waals surface area contributed by atoms with Crippen molar-refractivity contribution < 1.29 is 14.3 Å². The average molecular weight is 304 g/mol. The summed E-state index contributed by atoms with van der Waals surface area (Å²) < 4.78 is 5.67. The molecule has 1 amide bonds. The lowest BCUT2D eigenvalue weighted by Gasteiger charge is -2.16. The van der Waals surface area contributed by atoms with E-state index in [9.17, 15) is 9.90 Å². The molecule has 0 saturated carbocycles. The number of fused-ring (bicyclic) bond motifs is 1. The number of aryl methyl sites for hydroxylation is 2. The predicted molar refractivity (Wildman–Crippen MR) is 87.2 cm³/mol. The maximum atomic E-state index is 12.3. The third-order valence-electron chi connectivity index (χ3n) is 3.69. The van der Waals surface area contributed by atoms with Gasteiger partial charge in [0.15, 0.2) is 5.76 Å². The molecule has 5 heteroatoms. The Kier molecular flexibility index (Phi) is 5.21. The highest BCUT2D eigenvalue weighted by Crippen LogP contribution is 2.26. The highest BCUT2D eigenvalue weighted by atomic mass is 16.3. The summed E-state index contributed by atoms with van der Waals surface area (Å²) in [4.78, 5) is 14.1. The molecule has 5 nitrogen and oxygen atoms in total. The number of aliphatic hydroxyl groups excluding tert-OH is 1. The van der Waals surface area contributed by atoms with Crippen molar-refractivity contribution >= 4 is 16.9 Å². The zero-order valence-corrected chi connectivity index (χ0v) is 13.6. The molecule has 2 aromatic rings. The molecule has 120 valence electrons. The van der Waals surface area contributed by atoms with Crippen LogP contribution < -0.4 is 5.32 Å². The quantitative estimate of drug-likeness (QED) is 0.856. The molecule has 0 aliphatic heterocycles. The molecule has 1 atom stereocenters. The molecular weight excluding hydrogens is 280 g/mol. The Bertz CT molecular complexity index is 661. The number of furan rings is 1. The van der Waals surface area contributed by atoms with Gasteiger partial charge in [-0.25, -0.2) is 0 Å². The van der Waals surface area contributed by atoms with Gasteiger partial charge in [0.25, 0.3) is 5.91 Å². The number of amides is 1. The number of nitrogens with one attached hydrogen (secondary N) is 1. The van der Waals surface area contributed by atoms with Gasteiger partial charge in [0, 0.05) is 24.0 Å². The van der Waals surface area contributed by atoms with Crippen molar-refractivity contribution in [2.45, 2.75) is 26.4 Å². The number of nitrogens with zero attached hydrogens (tertiary/aromatic N) is 1. The molecule has 0 aliphatic rings. The number of hydrogen-bond acceptors (Lipinski definition) is 4. The highest BCUT2D eigenvalue weighted by Gasteiger charge is 2.18. The number of likely N-dealkylation sites (N-methyl/N-ethyl adjacent to an activating group) is 1. The van der Waals surface area contributed by atoms with E-state index in [1.165, 1.54) is 5.56 Å². The van der Waals surface area contributed by atoms with Crippen molar-refractivity contribution in [3.05, 3.63) is 35.1 Å². The van der Waals surface area contributed by atoms with Crippen LogP contribution in [0, 0.1) is 6.92 Å². The van der Waals surface area contributed by atoms with E-state index in [2.05, 4.69) is 18.3 Å². The third kappa shape index (κ3) is 3.67. The third-order valence-corrected chi connectivity index (χ3v) is 3.69. The second-order valence-corrected chi connectivity index (χ2v) is 5.87. The van der Waals surface area contributed by atoms with Gasteiger partial charge >= 0.3 is 0 Å². The van der Waals surface area contributed by atoms with Gasteiger partial charge in [0.1, 0.15) is 5.58 Å². The lowest BCUT2D eigenvalue weighted by atomic mass is 10.1. The molecule has 2 N–H and O–H groups in total. The molecule has 1 aromatic heterocycles. The van der Waals surface area contributed by atoms with E-state index in [4.69, 9.17) is 4.42 Å². The number of carbonyl (C=O) groups is 1. The Morgan fingerprint density at radius 2 is 2.14 bits per heavy atom. The Balaban J connectivity index is 2.13. The van der Waals surface area contributed by atoms with Gasteiger partial charge < -0.3 is 19.7 Å². The van der Waals surface area contributed by atoms with E-state index < -0.39 is 6.10 Å². The van der Waals surface area contributed by atoms with Crippen LogP contribution in [0.3, 0.4) is 0 Å². The SMILES string of the molecule is CCc1ccc2oc(C(=O)NCC(O)CN(C)C)c(C)c2c1. The smallest absolute Gasteiger partial charge is 0.287 e. The first-order valence-corrected chi connectivity index (χ1v) is 7.55. The van der Waals surface area contributed by atoms with Crippen LogP contribution in [0.25, 0.3) is 11.0 Å². The Morgan fingerprint density at radius 3 is 2.77 bits per heavy atom. The molecule has 0 saturated heterocycles. The second-order valence-electron chi connectivity index (χ2n) is 5.87. The summed E-state index contributed by atoms with van der Waals surface area (Å²) in [6, 6.07) is 5.97. The summed E-state index contributed by atoms with van der Waals surface area (Å²) in [6.45, 7) is 4.68. The standard InChI is InChI=1S/C17H24N2O3/c1-5-12-6-7-15-14(8-12)11(2)16(22-15)17(21)18-9-13(20)10-19(3)4/h6-8,13,20H,5,9-10H2,1-4H3,(H,18,21). The Labute approximate surface area is 130 Å². The fourth-order valence-corrected chi connectivity index (χ4v) is 2.48. The topological polar surface area (TPSA) is 65.7 Å². The second kappa shape index (κ2) is 6.94. The maximum Gasteiger partial charge on any atom is 0.287 e. The van der Waals surface area contributed by atoms with Crippen LogP contribution in [-0.2, 0) is 6.42 Å². The molecular formula is C17H24N2O3. The normalized spacial score (nSPS) is 12.8. The van der Waals surface area contributed by atoms with Gasteiger partial charge in [-0.2, -0.15) is 0 Å². The van der Waals surface area contributed by atoms with Gasteiger partial charge in [-0.1, -0.05) is 13.0 Å². The van der Waals surface area contributed by atoms with Crippen molar-refractivity contribution in [1.82, 2.24) is 10.2 Å². The van der Waals surface area contributed by atoms with Gasteiger partial charge in [0.05, 0.1) is 6.10 Å². The minimum atomic E-state index is -0.602. The fourth-order valence-electron chi connectivity index (χ4n) is 2.48. The molecule has 2 rings (SSSR count). The molecule has 1 aromatic carbocycles. The summed E-state index contributed by atoms with van der Waals surface area (Å²) in [5, 5.41) is 13.5. The zero-order valence-electron chi connectivity index (χ0n) is 13.6. The summed E-state index contributed by atoms with van der Waals surface area (Å²) >= 11 is 0. The van der Waals surface area contributed by atoms with Crippen LogP contribution in [-0.4, -0.2) is 49.2 Å². The van der Waals surface area contributed by atoms with Crippen molar-refractivity contribution in [3.63, 3.8) is 0 Å². The molecule has 0 fully saturated rings. The minimum Gasteiger partial charge on any atom is -0.451 e. The monoisotopic (exact) mass is 304 g/mol.